The molecule has 27 heavy (non-hydrogen) atoms. The third kappa shape index (κ3) is 3.57. The molecule has 0 radical (unpaired) electrons. The normalized spacial score (nSPS) is 23.4. The van der Waals surface area contributed by atoms with Gasteiger partial charge in [0.05, 0.1) is 17.4 Å². The molecule has 2 aromatic rings. The zero-order chi connectivity index (χ0) is 18.9. The van der Waals surface area contributed by atoms with Crippen molar-refractivity contribution in [1.29, 1.82) is 0 Å². The summed E-state index contributed by atoms with van der Waals surface area (Å²) in [4.78, 5) is 36.8. The maximum absolute atomic E-state index is 13.1. The Hall–Kier alpha value is -2.37. The van der Waals surface area contributed by atoms with E-state index in [2.05, 4.69) is 16.9 Å². The predicted molar refractivity (Wildman–Crippen MR) is 104 cm³/mol. The topological polar surface area (TPSA) is 69.3 Å². The van der Waals surface area contributed by atoms with Crippen LogP contribution in [0.1, 0.15) is 55.8 Å². The van der Waals surface area contributed by atoms with Gasteiger partial charge in [0.1, 0.15) is 0 Å². The van der Waals surface area contributed by atoms with E-state index in [1.807, 2.05) is 28.0 Å². The molecular formula is C21H28N4O2. The monoisotopic (exact) mass is 368 g/mol. The average Bonchev–Trinajstić information content (AvgIpc) is 3.16. The Balaban J connectivity index is 1.49. The quantitative estimate of drug-likeness (QED) is 0.901. The van der Waals surface area contributed by atoms with Crippen molar-refractivity contribution in [2.24, 2.45) is 5.41 Å². The first-order valence-corrected chi connectivity index (χ1v) is 10.1. The highest BCUT2D eigenvalue weighted by molar-refractivity contribution is 5.97. The number of nitrogens with one attached hydrogen (secondary N) is 1. The highest BCUT2D eigenvalue weighted by Crippen LogP contribution is 2.39. The summed E-state index contributed by atoms with van der Waals surface area (Å²) in [5.74, 6) is 0.366. The van der Waals surface area contributed by atoms with E-state index in [1.54, 1.807) is 6.33 Å². The van der Waals surface area contributed by atoms with Gasteiger partial charge in [-0.15, -0.1) is 0 Å². The number of carbonyl (C=O) groups excluding carboxylic acids is 2. The molecule has 144 valence electrons. The van der Waals surface area contributed by atoms with E-state index >= 15 is 0 Å². The van der Waals surface area contributed by atoms with Crippen molar-refractivity contribution in [1.82, 2.24) is 19.8 Å². The number of imidazole rings is 1. The fourth-order valence-corrected chi connectivity index (χ4v) is 4.62. The number of aromatic amines is 1. The standard InChI is InChI=1S/C21H28N4O2/c1-2-3-10-24-13-21(9-7-19(24)26)8-4-11-25(14-21)20(27)16-5-6-17-18(12-16)23-15-22-17/h5-6,12,15H,2-4,7-11,13-14H2,1H3,(H,22,23)/t21-/m1/s1. The van der Waals surface area contributed by atoms with Crippen LogP contribution in [0.15, 0.2) is 24.5 Å². The minimum Gasteiger partial charge on any atom is -0.345 e. The Kier molecular flexibility index (Phi) is 4.89. The number of benzene rings is 1. The molecule has 0 saturated carbocycles. The number of amides is 2. The van der Waals surface area contributed by atoms with Crippen LogP contribution in [0, 0.1) is 5.41 Å². The fraction of sp³-hybridized carbons (Fsp3) is 0.571. The summed E-state index contributed by atoms with van der Waals surface area (Å²) < 4.78 is 0. The van der Waals surface area contributed by atoms with Crippen molar-refractivity contribution >= 4 is 22.8 Å². The Morgan fingerprint density at radius 2 is 2.19 bits per heavy atom. The molecule has 2 fully saturated rings. The van der Waals surface area contributed by atoms with Crippen molar-refractivity contribution in [3.63, 3.8) is 0 Å². The van der Waals surface area contributed by atoms with Crippen LogP contribution in [0.5, 0.6) is 0 Å². The zero-order valence-electron chi connectivity index (χ0n) is 16.0. The van der Waals surface area contributed by atoms with E-state index in [1.165, 1.54) is 0 Å². The van der Waals surface area contributed by atoms with Gasteiger partial charge in [0.15, 0.2) is 0 Å². The van der Waals surface area contributed by atoms with Crippen molar-refractivity contribution in [2.45, 2.75) is 45.4 Å². The van der Waals surface area contributed by atoms with Crippen molar-refractivity contribution in [3.05, 3.63) is 30.1 Å². The van der Waals surface area contributed by atoms with Gasteiger partial charge in [-0.1, -0.05) is 13.3 Å². The molecule has 1 aromatic heterocycles. The zero-order valence-corrected chi connectivity index (χ0v) is 16.0. The number of nitrogens with zero attached hydrogens (tertiary/aromatic N) is 3. The first kappa shape index (κ1) is 18.0. The SMILES string of the molecule is CCCCN1C[C@@]2(CCCN(C(=O)c3ccc4nc[nH]c4c3)C2)CCC1=O. The van der Waals surface area contributed by atoms with Crippen molar-refractivity contribution in [3.8, 4) is 0 Å². The summed E-state index contributed by atoms with van der Waals surface area (Å²) in [5, 5.41) is 0. The number of rotatable bonds is 4. The van der Waals surface area contributed by atoms with E-state index in [4.69, 9.17) is 0 Å². The maximum atomic E-state index is 13.1. The Bertz CT molecular complexity index is 846. The second-order valence-corrected chi connectivity index (χ2v) is 8.13. The van der Waals surface area contributed by atoms with Gasteiger partial charge in [-0.05, 0) is 43.9 Å². The number of H-pyrrole nitrogens is 1. The number of unbranched alkanes of at least 4 members (excludes halogenated alkanes) is 1. The van der Waals surface area contributed by atoms with Crippen LogP contribution >= 0.6 is 0 Å². The van der Waals surface area contributed by atoms with Crippen LogP contribution in [0.25, 0.3) is 11.0 Å². The predicted octanol–water partition coefficient (Wildman–Crippen LogP) is 3.21. The maximum Gasteiger partial charge on any atom is 0.253 e. The second-order valence-electron chi connectivity index (χ2n) is 8.13. The molecule has 2 aliphatic rings. The lowest BCUT2D eigenvalue weighted by Gasteiger charge is -2.48. The minimum atomic E-state index is 0.0631. The molecule has 4 rings (SSSR count). The van der Waals surface area contributed by atoms with E-state index in [0.29, 0.717) is 12.0 Å². The van der Waals surface area contributed by atoms with Crippen LogP contribution in [0.4, 0.5) is 0 Å². The molecule has 6 nitrogen and oxygen atoms in total. The fourth-order valence-electron chi connectivity index (χ4n) is 4.62. The molecule has 2 amide bonds. The third-order valence-corrected chi connectivity index (χ3v) is 6.15. The number of piperidine rings is 2. The Labute approximate surface area is 159 Å². The molecule has 1 aromatic carbocycles. The summed E-state index contributed by atoms with van der Waals surface area (Å²) >= 11 is 0. The molecular weight excluding hydrogens is 340 g/mol. The molecule has 0 aliphatic carbocycles. The second kappa shape index (κ2) is 7.33. The number of likely N-dealkylation sites (tertiary alicyclic amines) is 2. The van der Waals surface area contributed by atoms with Crippen LogP contribution < -0.4 is 0 Å². The van der Waals surface area contributed by atoms with Gasteiger partial charge >= 0.3 is 0 Å². The minimum absolute atomic E-state index is 0.0631. The first-order chi connectivity index (χ1) is 13.1. The Morgan fingerprint density at radius 3 is 3.04 bits per heavy atom. The lowest BCUT2D eigenvalue weighted by molar-refractivity contribution is -0.139. The highest BCUT2D eigenvalue weighted by atomic mass is 16.2. The van der Waals surface area contributed by atoms with Crippen LogP contribution in [0.2, 0.25) is 0 Å². The lowest BCUT2D eigenvalue weighted by Crippen LogP contribution is -2.55. The van der Waals surface area contributed by atoms with Crippen LogP contribution in [0.3, 0.4) is 0 Å². The van der Waals surface area contributed by atoms with Crippen molar-refractivity contribution < 1.29 is 9.59 Å². The summed E-state index contributed by atoms with van der Waals surface area (Å²) in [6, 6.07) is 5.65. The van der Waals surface area contributed by atoms with Crippen molar-refractivity contribution in [2.75, 3.05) is 26.2 Å². The van der Waals surface area contributed by atoms with E-state index in [-0.39, 0.29) is 17.2 Å². The first-order valence-electron chi connectivity index (χ1n) is 10.1. The number of aromatic nitrogens is 2. The van der Waals surface area contributed by atoms with Gasteiger partial charge in [-0.3, -0.25) is 9.59 Å². The van der Waals surface area contributed by atoms with Gasteiger partial charge in [0.25, 0.3) is 5.91 Å². The van der Waals surface area contributed by atoms with E-state index in [0.717, 1.165) is 69.3 Å². The number of hydrogen-bond donors (Lipinski definition) is 1. The molecule has 1 spiro atoms. The number of carbonyl (C=O) groups is 2. The van der Waals surface area contributed by atoms with E-state index < -0.39 is 0 Å². The number of hydrogen-bond acceptors (Lipinski definition) is 3. The third-order valence-electron chi connectivity index (χ3n) is 6.15. The summed E-state index contributed by atoms with van der Waals surface area (Å²) in [5.41, 5.74) is 2.53. The van der Waals surface area contributed by atoms with Crippen LogP contribution in [-0.4, -0.2) is 57.8 Å². The van der Waals surface area contributed by atoms with E-state index in [9.17, 15) is 9.59 Å². The van der Waals surface area contributed by atoms with Gasteiger partial charge in [0, 0.05) is 43.6 Å². The smallest absolute Gasteiger partial charge is 0.253 e. The number of fused-ring (bicyclic) bond motifs is 1. The summed E-state index contributed by atoms with van der Waals surface area (Å²) in [6.45, 7) is 5.35. The molecule has 2 aliphatic heterocycles. The molecule has 0 unspecified atom stereocenters. The summed E-state index contributed by atoms with van der Waals surface area (Å²) in [6.07, 6.45) is 7.43. The van der Waals surface area contributed by atoms with Gasteiger partial charge < -0.3 is 14.8 Å². The van der Waals surface area contributed by atoms with Crippen LogP contribution in [-0.2, 0) is 4.79 Å². The van der Waals surface area contributed by atoms with Gasteiger partial charge in [-0.2, -0.15) is 0 Å². The summed E-state index contributed by atoms with van der Waals surface area (Å²) in [7, 11) is 0. The molecule has 2 saturated heterocycles. The average molecular weight is 368 g/mol. The van der Waals surface area contributed by atoms with Gasteiger partial charge in [-0.25, -0.2) is 4.98 Å². The molecule has 0 bridgehead atoms. The molecule has 1 N–H and O–H groups in total. The van der Waals surface area contributed by atoms with Gasteiger partial charge in [0.2, 0.25) is 5.91 Å². The highest BCUT2D eigenvalue weighted by Gasteiger charge is 2.42. The largest absolute Gasteiger partial charge is 0.345 e. The molecule has 1 atom stereocenters. The molecule has 3 heterocycles. The lowest BCUT2D eigenvalue weighted by atomic mass is 9.73. The molecule has 6 heteroatoms. The Morgan fingerprint density at radius 1 is 1.30 bits per heavy atom.